The Morgan fingerprint density at radius 3 is 0.897 bits per heavy atom. The molecule has 0 aromatic heterocycles. The lowest BCUT2D eigenvalue weighted by atomic mass is 10.1. The van der Waals surface area contributed by atoms with Gasteiger partial charge in [-0.25, -0.2) is 0 Å². The molecular weight excluding hydrogens is 358 g/mol. The van der Waals surface area contributed by atoms with Gasteiger partial charge in [0.15, 0.2) is 0 Å². The molecule has 3 heteroatoms. The predicted molar refractivity (Wildman–Crippen MR) is 130 cm³/mol. The summed E-state index contributed by atoms with van der Waals surface area (Å²) in [7, 11) is 0. The summed E-state index contributed by atoms with van der Waals surface area (Å²) in [5, 5.41) is 7.42. The van der Waals surface area contributed by atoms with Crippen LogP contribution in [-0.2, 0) is 4.79 Å². The summed E-state index contributed by atoms with van der Waals surface area (Å²) in [6.07, 6.45) is 22.8. The first-order valence-corrected chi connectivity index (χ1v) is 13.0. The molecule has 0 unspecified atom stereocenters. The number of carboxylic acids is 1. The minimum absolute atomic E-state index is 0.833. The minimum Gasteiger partial charge on any atom is -0.481 e. The van der Waals surface area contributed by atoms with Gasteiger partial charge in [0.1, 0.15) is 0 Å². The van der Waals surface area contributed by atoms with Crippen molar-refractivity contribution in [2.75, 3.05) is 26.2 Å². The number of unbranched alkanes of at least 4 members (excludes halogenated alkanes) is 12. The van der Waals surface area contributed by atoms with Crippen molar-refractivity contribution in [1.29, 1.82) is 0 Å². The van der Waals surface area contributed by atoms with Crippen molar-refractivity contribution in [2.24, 2.45) is 0 Å². The number of carbonyl (C=O) groups is 1. The number of quaternary nitrogens is 1. The van der Waals surface area contributed by atoms with Crippen LogP contribution in [0.4, 0.5) is 0 Å². The van der Waals surface area contributed by atoms with E-state index in [2.05, 4.69) is 27.7 Å². The van der Waals surface area contributed by atoms with Gasteiger partial charge in [0.2, 0.25) is 0 Å². The third-order valence-electron chi connectivity index (χ3n) is 5.94. The van der Waals surface area contributed by atoms with Crippen LogP contribution in [0.2, 0.25) is 0 Å². The molecule has 0 aliphatic carbocycles. The average molecular weight is 415 g/mol. The number of hydrogen-bond donors (Lipinski definition) is 1. The molecule has 0 saturated carbocycles. The summed E-state index contributed by atoms with van der Waals surface area (Å²) in [6, 6.07) is 0. The second-order valence-electron chi connectivity index (χ2n) is 9.00. The van der Waals surface area contributed by atoms with Crippen LogP contribution in [0.1, 0.15) is 137 Å². The molecule has 176 valence electrons. The van der Waals surface area contributed by atoms with Crippen LogP contribution >= 0.6 is 0 Å². The molecule has 0 aromatic carbocycles. The fourth-order valence-corrected chi connectivity index (χ4v) is 4.17. The second-order valence-corrected chi connectivity index (χ2v) is 9.00. The molecular formula is C26H56NO2+. The maximum absolute atomic E-state index is 9.00. The highest BCUT2D eigenvalue weighted by molar-refractivity contribution is 5.62. The first kappa shape index (κ1) is 30.6. The molecule has 0 atom stereocenters. The zero-order chi connectivity index (χ0) is 22.2. The third-order valence-corrected chi connectivity index (χ3v) is 5.94. The first-order valence-electron chi connectivity index (χ1n) is 13.0. The molecule has 0 bridgehead atoms. The number of hydrogen-bond acceptors (Lipinski definition) is 1. The van der Waals surface area contributed by atoms with E-state index in [4.69, 9.17) is 9.90 Å². The van der Waals surface area contributed by atoms with Crippen molar-refractivity contribution >= 4 is 5.97 Å². The predicted octanol–water partition coefficient (Wildman–Crippen LogP) is 8.22. The van der Waals surface area contributed by atoms with Gasteiger partial charge in [0, 0.05) is 6.92 Å². The van der Waals surface area contributed by atoms with E-state index < -0.39 is 5.97 Å². The number of aliphatic carboxylic acids is 1. The van der Waals surface area contributed by atoms with Gasteiger partial charge in [-0.1, -0.05) is 79.1 Å². The first-order chi connectivity index (χ1) is 14.0. The van der Waals surface area contributed by atoms with Crippen LogP contribution in [-0.4, -0.2) is 41.7 Å². The molecule has 0 spiro atoms. The fourth-order valence-electron chi connectivity index (χ4n) is 4.17. The van der Waals surface area contributed by atoms with E-state index in [-0.39, 0.29) is 0 Å². The van der Waals surface area contributed by atoms with Gasteiger partial charge in [0.25, 0.3) is 5.97 Å². The van der Waals surface area contributed by atoms with Gasteiger partial charge in [-0.15, -0.1) is 0 Å². The summed E-state index contributed by atoms with van der Waals surface area (Å²) in [5.74, 6) is -0.833. The molecule has 0 aromatic rings. The Balaban J connectivity index is 0. The van der Waals surface area contributed by atoms with Gasteiger partial charge < -0.3 is 9.59 Å². The van der Waals surface area contributed by atoms with Crippen molar-refractivity contribution in [3.63, 3.8) is 0 Å². The van der Waals surface area contributed by atoms with Gasteiger partial charge >= 0.3 is 0 Å². The van der Waals surface area contributed by atoms with Crippen LogP contribution in [0, 0.1) is 0 Å². The molecule has 0 saturated heterocycles. The molecule has 0 amide bonds. The van der Waals surface area contributed by atoms with Crippen LogP contribution in [0.25, 0.3) is 0 Å². The van der Waals surface area contributed by atoms with E-state index in [0.29, 0.717) is 0 Å². The van der Waals surface area contributed by atoms with Gasteiger partial charge in [0.05, 0.1) is 26.2 Å². The largest absolute Gasteiger partial charge is 0.481 e. The maximum atomic E-state index is 9.00. The van der Waals surface area contributed by atoms with Gasteiger partial charge in [-0.3, -0.25) is 4.79 Å². The third kappa shape index (κ3) is 23.6. The Morgan fingerprint density at radius 2 is 0.724 bits per heavy atom. The Labute approximate surface area is 184 Å². The standard InChI is InChI=1S/C24H52N.C2H4O2/c1-5-9-13-17-21-25(22-18-14-10-6-2,23-19-15-11-7-3)24-20-16-12-8-4;1-2(3)4/h5-24H2,1-4H3;1H3,(H,3,4)/q+1;. The monoisotopic (exact) mass is 414 g/mol. The molecule has 0 heterocycles. The van der Waals surface area contributed by atoms with Gasteiger partial charge in [-0.2, -0.15) is 0 Å². The quantitative estimate of drug-likeness (QED) is 0.161. The highest BCUT2D eigenvalue weighted by atomic mass is 16.4. The van der Waals surface area contributed by atoms with Crippen molar-refractivity contribution < 1.29 is 14.4 Å². The SMILES string of the molecule is CC(=O)O.CCCCCC[N+](CCCCCC)(CCCCCC)CCCCCC. The molecule has 29 heavy (non-hydrogen) atoms. The van der Waals surface area contributed by atoms with Crippen LogP contribution < -0.4 is 0 Å². The van der Waals surface area contributed by atoms with E-state index in [1.165, 1.54) is 133 Å². The Bertz CT molecular complexity index is 273. The number of rotatable bonds is 20. The van der Waals surface area contributed by atoms with Crippen molar-refractivity contribution in [2.45, 2.75) is 137 Å². The summed E-state index contributed by atoms with van der Waals surface area (Å²) in [5.41, 5.74) is 0. The molecule has 0 aliphatic rings. The summed E-state index contributed by atoms with van der Waals surface area (Å²) in [4.78, 5) is 9.00. The molecule has 1 N–H and O–H groups in total. The van der Waals surface area contributed by atoms with E-state index in [9.17, 15) is 0 Å². The summed E-state index contributed by atoms with van der Waals surface area (Å²) >= 11 is 0. The highest BCUT2D eigenvalue weighted by Crippen LogP contribution is 2.19. The highest BCUT2D eigenvalue weighted by Gasteiger charge is 2.25. The van der Waals surface area contributed by atoms with E-state index in [0.717, 1.165) is 6.92 Å². The summed E-state index contributed by atoms with van der Waals surface area (Å²) < 4.78 is 1.46. The molecule has 0 aliphatic heterocycles. The van der Waals surface area contributed by atoms with Crippen molar-refractivity contribution in [3.8, 4) is 0 Å². The smallest absolute Gasteiger partial charge is 0.300 e. The lowest BCUT2D eigenvalue weighted by Gasteiger charge is -2.39. The minimum atomic E-state index is -0.833. The zero-order valence-electron chi connectivity index (χ0n) is 20.9. The van der Waals surface area contributed by atoms with E-state index in [1.807, 2.05) is 0 Å². The van der Waals surface area contributed by atoms with Crippen LogP contribution in [0.15, 0.2) is 0 Å². The summed E-state index contributed by atoms with van der Waals surface area (Å²) in [6.45, 7) is 16.3. The topological polar surface area (TPSA) is 37.3 Å². The van der Waals surface area contributed by atoms with Gasteiger partial charge in [-0.05, 0) is 51.4 Å². The van der Waals surface area contributed by atoms with Crippen molar-refractivity contribution in [1.82, 2.24) is 0 Å². The molecule has 0 rings (SSSR count). The van der Waals surface area contributed by atoms with Crippen molar-refractivity contribution in [3.05, 3.63) is 0 Å². The zero-order valence-corrected chi connectivity index (χ0v) is 20.9. The molecule has 0 fully saturated rings. The Kier molecular flexibility index (Phi) is 25.0. The Hall–Kier alpha value is -0.570. The maximum Gasteiger partial charge on any atom is 0.300 e. The number of nitrogens with zero attached hydrogens (tertiary/aromatic N) is 1. The van der Waals surface area contributed by atoms with Crippen LogP contribution in [0.3, 0.4) is 0 Å². The van der Waals surface area contributed by atoms with E-state index >= 15 is 0 Å². The second kappa shape index (κ2) is 23.7. The lowest BCUT2D eigenvalue weighted by Crippen LogP contribution is -2.50. The lowest BCUT2D eigenvalue weighted by molar-refractivity contribution is -0.929. The fraction of sp³-hybridized carbons (Fsp3) is 0.962. The molecule has 0 radical (unpaired) electrons. The Morgan fingerprint density at radius 1 is 0.517 bits per heavy atom. The van der Waals surface area contributed by atoms with Crippen LogP contribution in [0.5, 0.6) is 0 Å². The average Bonchev–Trinajstić information content (AvgIpc) is 2.69. The number of carboxylic acid groups (broad SMARTS) is 1. The normalized spacial score (nSPS) is 11.2. The van der Waals surface area contributed by atoms with E-state index in [1.54, 1.807) is 0 Å². The molecule has 3 nitrogen and oxygen atoms in total.